The molecule has 102 valence electrons. The van der Waals surface area contributed by atoms with Crippen LogP contribution in [0.3, 0.4) is 0 Å². The van der Waals surface area contributed by atoms with Crippen molar-refractivity contribution in [1.82, 2.24) is 14.5 Å². The van der Waals surface area contributed by atoms with Crippen LogP contribution in [0.25, 0.3) is 0 Å². The lowest BCUT2D eigenvalue weighted by atomic mass is 10.0. The molecule has 1 saturated heterocycles. The van der Waals surface area contributed by atoms with E-state index in [0.717, 1.165) is 32.1 Å². The first-order chi connectivity index (χ1) is 8.57. The lowest BCUT2D eigenvalue weighted by molar-refractivity contribution is 0.239. The number of aromatic amines is 1. The lowest BCUT2D eigenvalue weighted by Gasteiger charge is -2.34. The van der Waals surface area contributed by atoms with Crippen LogP contribution in [0.1, 0.15) is 44.7 Å². The van der Waals surface area contributed by atoms with Crippen molar-refractivity contribution >= 4 is 10.0 Å². The maximum absolute atomic E-state index is 12.6. The summed E-state index contributed by atoms with van der Waals surface area (Å²) < 4.78 is 26.9. The molecule has 18 heavy (non-hydrogen) atoms. The van der Waals surface area contributed by atoms with Gasteiger partial charge >= 0.3 is 0 Å². The second kappa shape index (κ2) is 5.40. The summed E-state index contributed by atoms with van der Waals surface area (Å²) in [5.41, 5.74) is 0.621. The molecule has 1 aliphatic rings. The van der Waals surface area contributed by atoms with E-state index in [1.54, 1.807) is 11.2 Å². The maximum atomic E-state index is 12.6. The highest BCUT2D eigenvalue weighted by atomic mass is 32.2. The van der Waals surface area contributed by atoms with Crippen LogP contribution in [-0.4, -0.2) is 35.5 Å². The molecule has 1 unspecified atom stereocenters. The van der Waals surface area contributed by atoms with Gasteiger partial charge < -0.3 is 0 Å². The van der Waals surface area contributed by atoms with Gasteiger partial charge in [0.15, 0.2) is 0 Å². The Labute approximate surface area is 109 Å². The number of aryl methyl sites for hydroxylation is 1. The fourth-order valence-electron chi connectivity index (χ4n) is 2.64. The van der Waals surface area contributed by atoms with Gasteiger partial charge in [0, 0.05) is 12.6 Å². The third kappa shape index (κ3) is 2.44. The number of aromatic nitrogens is 2. The third-order valence-corrected chi connectivity index (χ3v) is 5.63. The summed E-state index contributed by atoms with van der Waals surface area (Å²) in [5.74, 6) is 0. The Balaban J connectivity index is 2.30. The predicted octanol–water partition coefficient (Wildman–Crippen LogP) is 2.06. The fraction of sp³-hybridized carbons (Fsp3) is 0.750. The van der Waals surface area contributed by atoms with Crippen molar-refractivity contribution in [3.8, 4) is 0 Å². The Morgan fingerprint density at radius 3 is 2.89 bits per heavy atom. The smallest absolute Gasteiger partial charge is 0.246 e. The number of rotatable bonds is 4. The van der Waals surface area contributed by atoms with Crippen LogP contribution in [-0.2, 0) is 10.0 Å². The van der Waals surface area contributed by atoms with E-state index in [1.165, 1.54) is 6.20 Å². The molecule has 0 amide bonds. The SMILES string of the molecule is CCCC1CCCCN1S(=O)(=O)c1cn[nH]c1C. The number of hydrogen-bond acceptors (Lipinski definition) is 3. The lowest BCUT2D eigenvalue weighted by Crippen LogP contribution is -2.43. The van der Waals surface area contributed by atoms with Crippen molar-refractivity contribution in [3.05, 3.63) is 11.9 Å². The van der Waals surface area contributed by atoms with Gasteiger partial charge in [0.1, 0.15) is 4.90 Å². The van der Waals surface area contributed by atoms with Crippen molar-refractivity contribution < 1.29 is 8.42 Å². The maximum Gasteiger partial charge on any atom is 0.246 e. The quantitative estimate of drug-likeness (QED) is 0.911. The highest BCUT2D eigenvalue weighted by Gasteiger charge is 2.34. The average Bonchev–Trinajstić information content (AvgIpc) is 2.77. The number of nitrogens with zero attached hydrogens (tertiary/aromatic N) is 2. The van der Waals surface area contributed by atoms with Crippen LogP contribution in [0.4, 0.5) is 0 Å². The Bertz CT molecular complexity index is 493. The van der Waals surface area contributed by atoms with Gasteiger partial charge in [0.25, 0.3) is 0 Å². The molecule has 1 aromatic heterocycles. The Hall–Kier alpha value is -0.880. The van der Waals surface area contributed by atoms with Crippen molar-refractivity contribution in [2.24, 2.45) is 0 Å². The van der Waals surface area contributed by atoms with Gasteiger partial charge in [-0.1, -0.05) is 19.8 Å². The minimum Gasteiger partial charge on any atom is -0.281 e. The van der Waals surface area contributed by atoms with Gasteiger partial charge in [0.2, 0.25) is 10.0 Å². The van der Waals surface area contributed by atoms with Gasteiger partial charge in [-0.2, -0.15) is 9.40 Å². The number of H-pyrrole nitrogens is 1. The van der Waals surface area contributed by atoms with Gasteiger partial charge in [-0.05, 0) is 26.2 Å². The van der Waals surface area contributed by atoms with Gasteiger partial charge in [-0.3, -0.25) is 5.10 Å². The Morgan fingerprint density at radius 2 is 2.28 bits per heavy atom. The molecule has 5 nitrogen and oxygen atoms in total. The van der Waals surface area contributed by atoms with Gasteiger partial charge in [-0.15, -0.1) is 0 Å². The van der Waals surface area contributed by atoms with Gasteiger partial charge in [0.05, 0.1) is 11.9 Å². The molecule has 2 rings (SSSR count). The first kappa shape index (κ1) is 13.5. The van der Waals surface area contributed by atoms with Crippen molar-refractivity contribution in [1.29, 1.82) is 0 Å². The Kier molecular flexibility index (Phi) is 4.07. The van der Waals surface area contributed by atoms with E-state index < -0.39 is 10.0 Å². The summed E-state index contributed by atoms with van der Waals surface area (Å²) in [6.07, 6.45) is 6.43. The van der Waals surface area contributed by atoms with Crippen molar-refractivity contribution in [3.63, 3.8) is 0 Å². The first-order valence-corrected chi connectivity index (χ1v) is 8.03. The molecule has 1 fully saturated rings. The minimum atomic E-state index is -3.38. The summed E-state index contributed by atoms with van der Waals surface area (Å²) in [6.45, 7) is 4.48. The summed E-state index contributed by atoms with van der Waals surface area (Å²) in [6, 6.07) is 0.156. The van der Waals surface area contributed by atoms with E-state index in [2.05, 4.69) is 17.1 Å². The van der Waals surface area contributed by atoms with Crippen molar-refractivity contribution in [2.75, 3.05) is 6.54 Å². The molecular formula is C12H21N3O2S. The largest absolute Gasteiger partial charge is 0.281 e. The Morgan fingerprint density at radius 1 is 1.50 bits per heavy atom. The molecule has 0 bridgehead atoms. The van der Waals surface area contributed by atoms with Crippen molar-refractivity contribution in [2.45, 2.75) is 56.9 Å². The molecular weight excluding hydrogens is 250 g/mol. The van der Waals surface area contributed by atoms with E-state index in [1.807, 2.05) is 0 Å². The van der Waals surface area contributed by atoms with E-state index in [9.17, 15) is 8.42 Å². The van der Waals surface area contributed by atoms with Crippen LogP contribution in [0, 0.1) is 6.92 Å². The van der Waals surface area contributed by atoms with E-state index in [-0.39, 0.29) is 6.04 Å². The van der Waals surface area contributed by atoms with Crippen LogP contribution >= 0.6 is 0 Å². The zero-order chi connectivity index (χ0) is 13.2. The normalized spacial score (nSPS) is 22.2. The molecule has 0 radical (unpaired) electrons. The standard InChI is InChI=1S/C12H21N3O2S/c1-3-6-11-7-4-5-8-15(11)18(16,17)12-9-13-14-10(12)2/h9,11H,3-8H2,1-2H3,(H,13,14). The van der Waals surface area contributed by atoms with Crippen LogP contribution in [0.2, 0.25) is 0 Å². The summed E-state index contributed by atoms with van der Waals surface area (Å²) in [4.78, 5) is 0.325. The van der Waals surface area contributed by atoms with Crippen LogP contribution < -0.4 is 0 Å². The number of sulfonamides is 1. The average molecular weight is 271 g/mol. The zero-order valence-electron chi connectivity index (χ0n) is 11.0. The topological polar surface area (TPSA) is 66.1 Å². The van der Waals surface area contributed by atoms with E-state index in [4.69, 9.17) is 0 Å². The molecule has 0 spiro atoms. The number of nitrogens with one attached hydrogen (secondary N) is 1. The fourth-order valence-corrected chi connectivity index (χ4v) is 4.48. The summed E-state index contributed by atoms with van der Waals surface area (Å²) >= 11 is 0. The summed E-state index contributed by atoms with van der Waals surface area (Å²) in [7, 11) is -3.38. The molecule has 0 saturated carbocycles. The van der Waals surface area contributed by atoms with E-state index in [0.29, 0.717) is 17.1 Å². The molecule has 2 heterocycles. The minimum absolute atomic E-state index is 0.156. The second-order valence-electron chi connectivity index (χ2n) is 4.91. The highest BCUT2D eigenvalue weighted by molar-refractivity contribution is 7.89. The van der Waals surface area contributed by atoms with E-state index >= 15 is 0 Å². The number of hydrogen-bond donors (Lipinski definition) is 1. The van der Waals surface area contributed by atoms with Gasteiger partial charge in [-0.25, -0.2) is 8.42 Å². The van der Waals surface area contributed by atoms with Crippen LogP contribution in [0.15, 0.2) is 11.1 Å². The number of piperidine rings is 1. The molecule has 6 heteroatoms. The molecule has 1 aromatic rings. The monoisotopic (exact) mass is 271 g/mol. The molecule has 1 atom stereocenters. The first-order valence-electron chi connectivity index (χ1n) is 6.59. The third-order valence-electron chi connectivity index (χ3n) is 3.57. The molecule has 1 aliphatic heterocycles. The highest BCUT2D eigenvalue weighted by Crippen LogP contribution is 2.28. The molecule has 1 N–H and O–H groups in total. The summed E-state index contributed by atoms with van der Waals surface area (Å²) in [5, 5.41) is 6.53. The zero-order valence-corrected chi connectivity index (χ0v) is 11.8. The second-order valence-corrected chi connectivity index (χ2v) is 6.77. The molecule has 0 aliphatic carbocycles. The predicted molar refractivity (Wildman–Crippen MR) is 69.8 cm³/mol. The van der Waals surface area contributed by atoms with Crippen LogP contribution in [0.5, 0.6) is 0 Å². The molecule has 0 aromatic carbocycles.